The number of rotatable bonds is 6. The monoisotopic (exact) mass is 276 g/mol. The van der Waals surface area contributed by atoms with Gasteiger partial charge in [-0.05, 0) is 6.42 Å². The van der Waals surface area contributed by atoms with Crippen LogP contribution in [0, 0.1) is 21.7 Å². The molecule has 0 saturated carbocycles. The summed E-state index contributed by atoms with van der Waals surface area (Å²) in [5.74, 6) is -2.32. The number of aliphatic hydroxyl groups is 2. The van der Waals surface area contributed by atoms with Gasteiger partial charge in [0, 0.05) is 0 Å². The molecule has 0 bridgehead atoms. The lowest BCUT2D eigenvalue weighted by atomic mass is 9.98. The first-order valence-corrected chi connectivity index (χ1v) is 5.52. The number of hydrogen-bond donors (Lipinski definition) is 3. The Bertz CT molecular complexity index is 446. The third kappa shape index (κ3) is 3.15. The van der Waals surface area contributed by atoms with Crippen LogP contribution in [0.3, 0.4) is 0 Å². The summed E-state index contributed by atoms with van der Waals surface area (Å²) in [6, 6.07) is 1.14. The van der Waals surface area contributed by atoms with Crippen LogP contribution in [-0.4, -0.2) is 33.9 Å². The van der Waals surface area contributed by atoms with Crippen molar-refractivity contribution in [1.29, 1.82) is 0 Å². The lowest BCUT2D eigenvalue weighted by Crippen LogP contribution is -2.45. The molecule has 0 aliphatic rings. The summed E-state index contributed by atoms with van der Waals surface area (Å²) < 4.78 is 27.3. The second-order valence-corrected chi connectivity index (χ2v) is 4.12. The van der Waals surface area contributed by atoms with Crippen LogP contribution in [0.5, 0.6) is 0 Å². The van der Waals surface area contributed by atoms with Crippen LogP contribution < -0.4 is 5.32 Å². The number of non-ortho nitro benzene ring substituents is 1. The Kier molecular flexibility index (Phi) is 4.73. The summed E-state index contributed by atoms with van der Waals surface area (Å²) in [5, 5.41) is 31.2. The minimum atomic E-state index is -1.29. The van der Waals surface area contributed by atoms with Crippen molar-refractivity contribution in [3.8, 4) is 0 Å². The molecule has 8 heteroatoms. The van der Waals surface area contributed by atoms with Gasteiger partial charge in [-0.25, -0.2) is 8.78 Å². The van der Waals surface area contributed by atoms with Gasteiger partial charge in [0.1, 0.15) is 5.69 Å². The largest absolute Gasteiger partial charge is 0.394 e. The summed E-state index contributed by atoms with van der Waals surface area (Å²) in [5.41, 5.74) is -2.62. The Labute approximate surface area is 107 Å². The highest BCUT2D eigenvalue weighted by Crippen LogP contribution is 2.28. The van der Waals surface area contributed by atoms with Crippen molar-refractivity contribution < 1.29 is 23.9 Å². The molecule has 0 aromatic heterocycles. The van der Waals surface area contributed by atoms with Gasteiger partial charge in [0.05, 0.1) is 35.8 Å². The summed E-state index contributed by atoms with van der Waals surface area (Å²) in [7, 11) is 0. The van der Waals surface area contributed by atoms with E-state index < -0.39 is 46.7 Å². The summed E-state index contributed by atoms with van der Waals surface area (Å²) >= 11 is 0. The fraction of sp³-hybridized carbons (Fsp3) is 0.455. The third-order valence-corrected chi connectivity index (χ3v) is 2.91. The average molecular weight is 276 g/mol. The standard InChI is InChI=1S/C11H14F2N2O4/c1-2-11(5-16,6-17)14-10-8(12)3-7(15(18)19)4-9(10)13/h3-4,14,16-17H,2,5-6H2,1H3. The van der Waals surface area contributed by atoms with Gasteiger partial charge >= 0.3 is 0 Å². The fourth-order valence-corrected chi connectivity index (χ4v) is 1.49. The Hall–Kier alpha value is -1.80. The fourth-order valence-electron chi connectivity index (χ4n) is 1.49. The van der Waals surface area contributed by atoms with Crippen LogP contribution in [0.2, 0.25) is 0 Å². The number of aliphatic hydroxyl groups excluding tert-OH is 2. The van der Waals surface area contributed by atoms with Crippen molar-refractivity contribution in [3.63, 3.8) is 0 Å². The Morgan fingerprint density at radius 3 is 2.11 bits per heavy atom. The molecule has 0 saturated heterocycles. The van der Waals surface area contributed by atoms with E-state index in [1.807, 2.05) is 0 Å². The van der Waals surface area contributed by atoms with Gasteiger partial charge in [-0.2, -0.15) is 0 Å². The average Bonchev–Trinajstić information content (AvgIpc) is 2.39. The van der Waals surface area contributed by atoms with E-state index in [1.165, 1.54) is 0 Å². The molecular weight excluding hydrogens is 262 g/mol. The number of nitro groups is 1. The van der Waals surface area contributed by atoms with E-state index in [-0.39, 0.29) is 6.42 Å². The second-order valence-electron chi connectivity index (χ2n) is 4.12. The predicted octanol–water partition coefficient (Wildman–Crippen LogP) is 1.42. The van der Waals surface area contributed by atoms with Gasteiger partial charge in [-0.1, -0.05) is 6.92 Å². The number of anilines is 1. The van der Waals surface area contributed by atoms with Crippen molar-refractivity contribution in [2.75, 3.05) is 18.5 Å². The summed E-state index contributed by atoms with van der Waals surface area (Å²) in [4.78, 5) is 9.53. The molecule has 0 amide bonds. The molecule has 3 N–H and O–H groups in total. The van der Waals surface area contributed by atoms with E-state index in [0.717, 1.165) is 0 Å². The highest BCUT2D eigenvalue weighted by atomic mass is 19.1. The van der Waals surface area contributed by atoms with E-state index in [4.69, 9.17) is 0 Å². The molecule has 0 aliphatic heterocycles. The first-order valence-electron chi connectivity index (χ1n) is 5.52. The maximum absolute atomic E-state index is 13.6. The first-order chi connectivity index (χ1) is 8.89. The van der Waals surface area contributed by atoms with Crippen LogP contribution in [0.15, 0.2) is 12.1 Å². The maximum Gasteiger partial charge on any atom is 0.275 e. The predicted molar refractivity (Wildman–Crippen MR) is 63.8 cm³/mol. The van der Waals surface area contributed by atoms with E-state index in [2.05, 4.69) is 5.32 Å². The molecule has 0 heterocycles. The number of halogens is 2. The van der Waals surface area contributed by atoms with Gasteiger partial charge in [-0.15, -0.1) is 0 Å². The topological polar surface area (TPSA) is 95.6 Å². The van der Waals surface area contributed by atoms with E-state index in [0.29, 0.717) is 12.1 Å². The van der Waals surface area contributed by atoms with Crippen molar-refractivity contribution in [3.05, 3.63) is 33.9 Å². The van der Waals surface area contributed by atoms with Gasteiger partial charge in [0.15, 0.2) is 11.6 Å². The molecule has 0 radical (unpaired) electrons. The van der Waals surface area contributed by atoms with Gasteiger partial charge in [-0.3, -0.25) is 10.1 Å². The smallest absolute Gasteiger partial charge is 0.275 e. The van der Waals surface area contributed by atoms with Crippen molar-refractivity contribution >= 4 is 11.4 Å². The highest BCUT2D eigenvalue weighted by Gasteiger charge is 2.29. The molecule has 19 heavy (non-hydrogen) atoms. The zero-order valence-electron chi connectivity index (χ0n) is 10.2. The van der Waals surface area contributed by atoms with Crippen molar-refractivity contribution in [2.24, 2.45) is 0 Å². The second kappa shape index (κ2) is 5.89. The molecule has 1 aromatic carbocycles. The minimum Gasteiger partial charge on any atom is -0.394 e. The molecule has 106 valence electrons. The zero-order chi connectivity index (χ0) is 14.6. The van der Waals surface area contributed by atoms with Crippen LogP contribution in [0.1, 0.15) is 13.3 Å². The molecular formula is C11H14F2N2O4. The number of nitrogens with zero attached hydrogens (tertiary/aromatic N) is 1. The van der Waals surface area contributed by atoms with Crippen molar-refractivity contribution in [2.45, 2.75) is 18.9 Å². The van der Waals surface area contributed by atoms with E-state index >= 15 is 0 Å². The normalized spacial score (nSPS) is 11.4. The van der Waals surface area contributed by atoms with Crippen LogP contribution >= 0.6 is 0 Å². The van der Waals surface area contributed by atoms with E-state index in [9.17, 15) is 29.1 Å². The number of nitro benzene ring substituents is 1. The molecule has 1 rings (SSSR count). The molecule has 1 aromatic rings. The van der Waals surface area contributed by atoms with Gasteiger partial charge < -0.3 is 15.5 Å². The lowest BCUT2D eigenvalue weighted by Gasteiger charge is -2.31. The molecule has 0 spiro atoms. The maximum atomic E-state index is 13.6. The Morgan fingerprint density at radius 2 is 1.79 bits per heavy atom. The van der Waals surface area contributed by atoms with E-state index in [1.54, 1.807) is 6.92 Å². The van der Waals surface area contributed by atoms with Crippen LogP contribution in [-0.2, 0) is 0 Å². The van der Waals surface area contributed by atoms with Gasteiger partial charge in [0.2, 0.25) is 0 Å². The first kappa shape index (κ1) is 15.3. The summed E-state index contributed by atoms with van der Waals surface area (Å²) in [6.07, 6.45) is 0.204. The number of nitrogens with one attached hydrogen (secondary N) is 1. The van der Waals surface area contributed by atoms with Gasteiger partial charge in [0.25, 0.3) is 5.69 Å². The lowest BCUT2D eigenvalue weighted by molar-refractivity contribution is -0.385. The Morgan fingerprint density at radius 1 is 1.32 bits per heavy atom. The summed E-state index contributed by atoms with van der Waals surface area (Å²) in [6.45, 7) is 0.520. The molecule has 0 atom stereocenters. The van der Waals surface area contributed by atoms with Crippen molar-refractivity contribution in [1.82, 2.24) is 0 Å². The molecule has 6 nitrogen and oxygen atoms in total. The van der Waals surface area contributed by atoms with Crippen LogP contribution in [0.25, 0.3) is 0 Å². The minimum absolute atomic E-state index is 0.204. The zero-order valence-corrected chi connectivity index (χ0v) is 10.2. The number of benzene rings is 1. The Balaban J connectivity index is 3.18. The molecule has 0 aliphatic carbocycles. The number of hydrogen-bond acceptors (Lipinski definition) is 5. The molecule has 0 fully saturated rings. The highest BCUT2D eigenvalue weighted by molar-refractivity contribution is 5.53. The quantitative estimate of drug-likeness (QED) is 0.539. The third-order valence-electron chi connectivity index (χ3n) is 2.91. The SMILES string of the molecule is CCC(CO)(CO)Nc1c(F)cc([N+](=O)[O-])cc1F. The molecule has 0 unspecified atom stereocenters. The van der Waals surface area contributed by atoms with Crippen LogP contribution in [0.4, 0.5) is 20.2 Å².